The molecule has 0 aliphatic rings. The van der Waals surface area contributed by atoms with Crippen molar-refractivity contribution >= 4 is 11.6 Å². The highest BCUT2D eigenvalue weighted by molar-refractivity contribution is 5.92. The van der Waals surface area contributed by atoms with Crippen LogP contribution >= 0.6 is 0 Å². The molecule has 4 nitrogen and oxygen atoms in total. The van der Waals surface area contributed by atoms with Crippen LogP contribution < -0.4 is 5.32 Å². The second-order valence-corrected chi connectivity index (χ2v) is 5.04. The minimum atomic E-state index is -0.273. The number of hydrogen-bond acceptors (Lipinski definition) is 3. The molecule has 0 radical (unpaired) electrons. The van der Waals surface area contributed by atoms with Gasteiger partial charge >= 0.3 is 0 Å². The summed E-state index contributed by atoms with van der Waals surface area (Å²) in [5.74, 6) is -0.417. The summed E-state index contributed by atoms with van der Waals surface area (Å²) < 4.78 is 12.8. The van der Waals surface area contributed by atoms with E-state index in [-0.39, 0.29) is 18.3 Å². The molecule has 0 aliphatic heterocycles. The molecule has 2 aromatic carbocycles. The van der Waals surface area contributed by atoms with Crippen molar-refractivity contribution in [2.45, 2.75) is 6.54 Å². The molecule has 2 aromatic rings. The molecular formula is C17H16FN3O. The Morgan fingerprint density at radius 3 is 2.41 bits per heavy atom. The van der Waals surface area contributed by atoms with Crippen LogP contribution in [-0.2, 0) is 11.3 Å². The van der Waals surface area contributed by atoms with Crippen molar-refractivity contribution in [1.29, 1.82) is 5.26 Å². The van der Waals surface area contributed by atoms with Crippen LogP contribution in [0.15, 0.2) is 48.5 Å². The van der Waals surface area contributed by atoms with Gasteiger partial charge in [-0.1, -0.05) is 12.1 Å². The van der Waals surface area contributed by atoms with E-state index in [9.17, 15) is 9.18 Å². The summed E-state index contributed by atoms with van der Waals surface area (Å²) in [6.45, 7) is 0.776. The summed E-state index contributed by atoms with van der Waals surface area (Å²) in [7, 11) is 1.82. The molecule has 0 bridgehead atoms. The first-order valence-electron chi connectivity index (χ1n) is 6.80. The Balaban J connectivity index is 1.85. The third-order valence-electron chi connectivity index (χ3n) is 3.08. The van der Waals surface area contributed by atoms with Crippen LogP contribution in [0.1, 0.15) is 11.1 Å². The lowest BCUT2D eigenvalue weighted by Gasteiger charge is -2.16. The van der Waals surface area contributed by atoms with Crippen LogP contribution in [0, 0.1) is 17.1 Å². The maximum absolute atomic E-state index is 12.8. The van der Waals surface area contributed by atoms with E-state index in [0.717, 1.165) is 5.56 Å². The van der Waals surface area contributed by atoms with Gasteiger partial charge in [-0.3, -0.25) is 9.69 Å². The lowest BCUT2D eigenvalue weighted by molar-refractivity contribution is -0.117. The number of halogens is 1. The summed E-state index contributed by atoms with van der Waals surface area (Å²) in [4.78, 5) is 13.8. The van der Waals surface area contributed by atoms with E-state index in [4.69, 9.17) is 5.26 Å². The molecule has 0 fully saturated rings. The molecule has 22 heavy (non-hydrogen) atoms. The highest BCUT2D eigenvalue weighted by atomic mass is 19.1. The molecule has 0 heterocycles. The fourth-order valence-electron chi connectivity index (χ4n) is 2.03. The minimum Gasteiger partial charge on any atom is -0.325 e. The van der Waals surface area contributed by atoms with E-state index in [1.54, 1.807) is 36.4 Å². The van der Waals surface area contributed by atoms with Crippen LogP contribution in [0.4, 0.5) is 10.1 Å². The van der Waals surface area contributed by atoms with Crippen LogP contribution in [0.2, 0.25) is 0 Å². The molecular weight excluding hydrogens is 281 g/mol. The molecule has 0 saturated heterocycles. The monoisotopic (exact) mass is 297 g/mol. The van der Waals surface area contributed by atoms with Gasteiger partial charge in [0.1, 0.15) is 5.82 Å². The van der Waals surface area contributed by atoms with Crippen LogP contribution in [0.5, 0.6) is 0 Å². The van der Waals surface area contributed by atoms with Gasteiger partial charge in [0.15, 0.2) is 0 Å². The molecule has 112 valence electrons. The SMILES string of the molecule is CN(CC(=O)Nc1ccc(C#N)cc1)Cc1ccc(F)cc1. The minimum absolute atomic E-state index is 0.144. The Hall–Kier alpha value is -2.71. The smallest absolute Gasteiger partial charge is 0.238 e. The fourth-order valence-corrected chi connectivity index (χ4v) is 2.03. The number of nitriles is 1. The molecule has 0 aliphatic carbocycles. The topological polar surface area (TPSA) is 56.1 Å². The third kappa shape index (κ3) is 4.69. The van der Waals surface area contributed by atoms with Gasteiger partial charge in [0.05, 0.1) is 18.2 Å². The summed E-state index contributed by atoms with van der Waals surface area (Å²) in [6, 6.07) is 14.9. The van der Waals surface area contributed by atoms with Crippen molar-refractivity contribution in [3.8, 4) is 6.07 Å². The van der Waals surface area contributed by atoms with Crippen LogP contribution in [0.3, 0.4) is 0 Å². The standard InChI is InChI=1S/C17H16FN3O/c1-21(11-14-2-6-15(18)7-3-14)12-17(22)20-16-8-4-13(10-19)5-9-16/h2-9H,11-12H2,1H3,(H,20,22). The van der Waals surface area contributed by atoms with Crippen molar-refractivity contribution in [2.24, 2.45) is 0 Å². The summed E-state index contributed by atoms with van der Waals surface area (Å²) in [5.41, 5.74) is 2.14. The first-order chi connectivity index (χ1) is 10.6. The largest absolute Gasteiger partial charge is 0.325 e. The number of benzene rings is 2. The van der Waals surface area contributed by atoms with E-state index < -0.39 is 0 Å². The van der Waals surface area contributed by atoms with Gasteiger partial charge in [0.2, 0.25) is 5.91 Å². The van der Waals surface area contributed by atoms with Crippen molar-refractivity contribution in [1.82, 2.24) is 4.90 Å². The van der Waals surface area contributed by atoms with Gasteiger partial charge in [0.25, 0.3) is 0 Å². The number of hydrogen-bond donors (Lipinski definition) is 1. The molecule has 0 spiro atoms. The average molecular weight is 297 g/mol. The number of carbonyl (C=O) groups excluding carboxylic acids is 1. The van der Waals surface area contributed by atoms with E-state index in [1.807, 2.05) is 18.0 Å². The zero-order chi connectivity index (χ0) is 15.9. The van der Waals surface area contributed by atoms with Crippen molar-refractivity contribution in [3.63, 3.8) is 0 Å². The number of rotatable bonds is 5. The molecule has 2 rings (SSSR count). The Labute approximate surface area is 128 Å². The molecule has 1 N–H and O–H groups in total. The van der Waals surface area contributed by atoms with E-state index in [1.165, 1.54) is 12.1 Å². The zero-order valence-corrected chi connectivity index (χ0v) is 12.2. The van der Waals surface area contributed by atoms with Gasteiger partial charge < -0.3 is 5.32 Å². The van der Waals surface area contributed by atoms with Crippen molar-refractivity contribution < 1.29 is 9.18 Å². The first kappa shape index (κ1) is 15.7. The lowest BCUT2D eigenvalue weighted by atomic mass is 10.2. The molecule has 0 unspecified atom stereocenters. The maximum Gasteiger partial charge on any atom is 0.238 e. The summed E-state index contributed by atoms with van der Waals surface area (Å²) in [6.07, 6.45) is 0. The molecule has 0 saturated carbocycles. The number of amides is 1. The van der Waals surface area contributed by atoms with E-state index >= 15 is 0 Å². The van der Waals surface area contributed by atoms with Gasteiger partial charge in [-0.25, -0.2) is 4.39 Å². The van der Waals surface area contributed by atoms with E-state index in [0.29, 0.717) is 17.8 Å². The average Bonchev–Trinajstić information content (AvgIpc) is 2.50. The Morgan fingerprint density at radius 2 is 1.82 bits per heavy atom. The van der Waals surface area contributed by atoms with Crippen LogP contribution in [-0.4, -0.2) is 24.4 Å². The number of anilines is 1. The van der Waals surface area contributed by atoms with Gasteiger partial charge in [-0.2, -0.15) is 5.26 Å². The van der Waals surface area contributed by atoms with E-state index in [2.05, 4.69) is 5.32 Å². The van der Waals surface area contributed by atoms with Gasteiger partial charge in [0, 0.05) is 12.2 Å². The Kier molecular flexibility index (Phi) is 5.23. The second-order valence-electron chi connectivity index (χ2n) is 5.04. The second kappa shape index (κ2) is 7.34. The lowest BCUT2D eigenvalue weighted by Crippen LogP contribution is -2.29. The van der Waals surface area contributed by atoms with Crippen molar-refractivity contribution in [2.75, 3.05) is 18.9 Å². The van der Waals surface area contributed by atoms with Crippen LogP contribution in [0.25, 0.3) is 0 Å². The molecule has 0 atom stereocenters. The highest BCUT2D eigenvalue weighted by Gasteiger charge is 2.08. The van der Waals surface area contributed by atoms with Gasteiger partial charge in [-0.05, 0) is 49.0 Å². The Bertz CT molecular complexity index is 675. The quantitative estimate of drug-likeness (QED) is 0.923. The summed E-state index contributed by atoms with van der Waals surface area (Å²) in [5, 5.41) is 11.5. The molecule has 0 aromatic heterocycles. The predicted octanol–water partition coefficient (Wildman–Crippen LogP) is 2.77. The molecule has 1 amide bonds. The predicted molar refractivity (Wildman–Crippen MR) is 82.5 cm³/mol. The normalized spacial score (nSPS) is 10.3. The third-order valence-corrected chi connectivity index (χ3v) is 3.08. The number of carbonyl (C=O) groups is 1. The molecule has 5 heteroatoms. The highest BCUT2D eigenvalue weighted by Crippen LogP contribution is 2.09. The first-order valence-corrected chi connectivity index (χ1v) is 6.80. The zero-order valence-electron chi connectivity index (χ0n) is 12.2. The number of nitrogens with zero attached hydrogens (tertiary/aromatic N) is 2. The fraction of sp³-hybridized carbons (Fsp3) is 0.176. The number of nitrogens with one attached hydrogen (secondary N) is 1. The Morgan fingerprint density at radius 1 is 1.18 bits per heavy atom. The van der Waals surface area contributed by atoms with Crippen molar-refractivity contribution in [3.05, 3.63) is 65.5 Å². The summed E-state index contributed by atoms with van der Waals surface area (Å²) >= 11 is 0. The maximum atomic E-state index is 12.8. The number of likely N-dealkylation sites (N-methyl/N-ethyl adjacent to an activating group) is 1. The van der Waals surface area contributed by atoms with Gasteiger partial charge in [-0.15, -0.1) is 0 Å².